The predicted molar refractivity (Wildman–Crippen MR) is 163 cm³/mol. The highest BCUT2D eigenvalue weighted by Crippen LogP contribution is 2.39. The molecule has 0 unspecified atom stereocenters. The molecule has 5 rings (SSSR count). The normalized spacial score (nSPS) is 12.7. The smallest absolute Gasteiger partial charge is 0.242 e. The number of amides is 2. The van der Waals surface area contributed by atoms with Crippen molar-refractivity contribution in [3.63, 3.8) is 0 Å². The van der Waals surface area contributed by atoms with E-state index in [0.717, 1.165) is 40.1 Å². The minimum Gasteiger partial charge on any atom is -0.453 e. The van der Waals surface area contributed by atoms with Crippen LogP contribution in [0, 0.1) is 11.7 Å². The van der Waals surface area contributed by atoms with Gasteiger partial charge in [-0.2, -0.15) is 0 Å². The summed E-state index contributed by atoms with van der Waals surface area (Å²) in [5.74, 6) is 0.115. The first kappa shape index (κ1) is 30.2. The SMILES string of the molecule is CCCN(Cc1ccc(-c2cc3nccc(Oc4ccc(CC(=O)CC5CC5)cc4F)c3s2)nc1)C(=O)CNC(=O)CN. The summed E-state index contributed by atoms with van der Waals surface area (Å²) in [4.78, 5) is 47.9. The van der Waals surface area contributed by atoms with E-state index in [2.05, 4.69) is 15.3 Å². The summed E-state index contributed by atoms with van der Waals surface area (Å²) in [6.45, 7) is 2.63. The van der Waals surface area contributed by atoms with E-state index in [0.29, 0.717) is 42.3 Å². The number of thiophene rings is 1. The molecule has 9 nitrogen and oxygen atoms in total. The summed E-state index contributed by atoms with van der Waals surface area (Å²) >= 11 is 1.44. The average molecular weight is 604 g/mol. The maximum Gasteiger partial charge on any atom is 0.242 e. The van der Waals surface area contributed by atoms with Gasteiger partial charge in [0.1, 0.15) is 11.5 Å². The number of nitrogens with two attached hydrogens (primary N) is 1. The van der Waals surface area contributed by atoms with Crippen LogP contribution in [0.2, 0.25) is 0 Å². The quantitative estimate of drug-likeness (QED) is 0.207. The van der Waals surface area contributed by atoms with Crippen LogP contribution in [0.3, 0.4) is 0 Å². The summed E-state index contributed by atoms with van der Waals surface area (Å²) < 4.78 is 21.7. The molecular weight excluding hydrogens is 569 g/mol. The molecule has 1 saturated carbocycles. The molecule has 3 heterocycles. The first-order valence-corrected chi connectivity index (χ1v) is 15.2. The van der Waals surface area contributed by atoms with Crippen molar-refractivity contribution in [1.82, 2.24) is 20.2 Å². The van der Waals surface area contributed by atoms with E-state index in [1.54, 1.807) is 35.5 Å². The van der Waals surface area contributed by atoms with Gasteiger partial charge in [-0.3, -0.25) is 24.4 Å². The van der Waals surface area contributed by atoms with Crippen molar-refractivity contribution in [3.8, 4) is 22.1 Å². The molecule has 0 aliphatic heterocycles. The molecule has 0 radical (unpaired) electrons. The summed E-state index contributed by atoms with van der Waals surface area (Å²) in [6, 6.07) is 12.1. The van der Waals surface area contributed by atoms with Gasteiger partial charge < -0.3 is 20.7 Å². The highest BCUT2D eigenvalue weighted by atomic mass is 32.1. The Morgan fingerprint density at radius 1 is 1.09 bits per heavy atom. The number of carbonyl (C=O) groups is 3. The molecule has 4 aromatic rings. The number of rotatable bonds is 14. The van der Waals surface area contributed by atoms with Gasteiger partial charge in [-0.1, -0.05) is 19.1 Å². The predicted octanol–water partition coefficient (Wildman–Crippen LogP) is 5.01. The van der Waals surface area contributed by atoms with E-state index >= 15 is 0 Å². The molecule has 1 aliphatic carbocycles. The molecule has 0 bridgehead atoms. The van der Waals surface area contributed by atoms with Crippen molar-refractivity contribution in [2.75, 3.05) is 19.6 Å². The van der Waals surface area contributed by atoms with Crippen LogP contribution in [0.25, 0.3) is 20.8 Å². The number of pyridine rings is 2. The number of ether oxygens (including phenoxy) is 1. The lowest BCUT2D eigenvalue weighted by molar-refractivity contribution is -0.133. The minimum atomic E-state index is -0.520. The Balaban J connectivity index is 1.27. The van der Waals surface area contributed by atoms with Gasteiger partial charge in [-0.25, -0.2) is 4.39 Å². The zero-order valence-corrected chi connectivity index (χ0v) is 24.8. The molecule has 2 amide bonds. The summed E-state index contributed by atoms with van der Waals surface area (Å²) in [5, 5.41) is 2.52. The third kappa shape index (κ3) is 7.99. The third-order valence-electron chi connectivity index (χ3n) is 7.13. The van der Waals surface area contributed by atoms with Crippen LogP contribution in [0.4, 0.5) is 4.39 Å². The van der Waals surface area contributed by atoms with Gasteiger partial charge in [0.2, 0.25) is 11.8 Å². The van der Waals surface area contributed by atoms with Crippen molar-refractivity contribution in [3.05, 3.63) is 71.8 Å². The van der Waals surface area contributed by atoms with Crippen molar-refractivity contribution in [1.29, 1.82) is 0 Å². The lowest BCUT2D eigenvalue weighted by atomic mass is 10.0. The second-order valence-corrected chi connectivity index (χ2v) is 11.8. The molecule has 1 aromatic carbocycles. The maximum atomic E-state index is 14.9. The number of hydrogen-bond acceptors (Lipinski definition) is 8. The largest absolute Gasteiger partial charge is 0.453 e. The number of hydrogen-bond donors (Lipinski definition) is 2. The van der Waals surface area contributed by atoms with E-state index in [-0.39, 0.29) is 42.9 Å². The minimum absolute atomic E-state index is 0.0806. The molecule has 224 valence electrons. The number of aromatic nitrogens is 2. The number of fused-ring (bicyclic) bond motifs is 1. The molecule has 3 aromatic heterocycles. The Kier molecular flexibility index (Phi) is 9.73. The number of carbonyl (C=O) groups excluding carboxylic acids is 3. The van der Waals surface area contributed by atoms with Gasteiger partial charge in [0.25, 0.3) is 0 Å². The van der Waals surface area contributed by atoms with Gasteiger partial charge in [0.05, 0.1) is 33.9 Å². The van der Waals surface area contributed by atoms with Crippen LogP contribution in [0.5, 0.6) is 11.5 Å². The van der Waals surface area contributed by atoms with Crippen molar-refractivity contribution in [2.24, 2.45) is 11.7 Å². The number of halogens is 1. The summed E-state index contributed by atoms with van der Waals surface area (Å²) in [7, 11) is 0. The molecule has 11 heteroatoms. The summed E-state index contributed by atoms with van der Waals surface area (Å²) in [5.41, 5.74) is 8.23. The molecule has 1 aliphatic rings. The van der Waals surface area contributed by atoms with E-state index in [1.165, 1.54) is 17.4 Å². The van der Waals surface area contributed by atoms with Crippen LogP contribution in [0.1, 0.15) is 43.7 Å². The number of benzene rings is 1. The van der Waals surface area contributed by atoms with Gasteiger partial charge in [0, 0.05) is 44.4 Å². The van der Waals surface area contributed by atoms with E-state index in [4.69, 9.17) is 10.5 Å². The van der Waals surface area contributed by atoms with Crippen LogP contribution < -0.4 is 15.8 Å². The fourth-order valence-corrected chi connectivity index (χ4v) is 5.77. The van der Waals surface area contributed by atoms with Crippen LogP contribution in [0.15, 0.2) is 54.9 Å². The zero-order valence-electron chi connectivity index (χ0n) is 24.0. The molecule has 0 spiro atoms. The van der Waals surface area contributed by atoms with Crippen molar-refractivity contribution in [2.45, 2.75) is 45.6 Å². The molecule has 3 N–H and O–H groups in total. The topological polar surface area (TPSA) is 128 Å². The lowest BCUT2D eigenvalue weighted by Crippen LogP contribution is -2.41. The Morgan fingerprint density at radius 2 is 1.91 bits per heavy atom. The maximum absolute atomic E-state index is 14.9. The van der Waals surface area contributed by atoms with Crippen molar-refractivity contribution >= 4 is 39.2 Å². The highest BCUT2D eigenvalue weighted by molar-refractivity contribution is 7.22. The van der Waals surface area contributed by atoms with Crippen LogP contribution in [-0.2, 0) is 27.3 Å². The van der Waals surface area contributed by atoms with Crippen LogP contribution >= 0.6 is 11.3 Å². The number of nitrogens with zero attached hydrogens (tertiary/aromatic N) is 3. The van der Waals surface area contributed by atoms with Gasteiger partial charge in [-0.15, -0.1) is 11.3 Å². The highest BCUT2D eigenvalue weighted by Gasteiger charge is 2.24. The number of nitrogens with one attached hydrogen (secondary N) is 1. The zero-order chi connectivity index (χ0) is 30.3. The third-order valence-corrected chi connectivity index (χ3v) is 8.29. The lowest BCUT2D eigenvalue weighted by Gasteiger charge is -2.22. The Bertz CT molecular complexity index is 1620. The molecular formula is C32H34FN5O4S. The number of ketones is 1. The fraction of sp³-hybridized carbons (Fsp3) is 0.344. The molecule has 1 fully saturated rings. The standard InChI is InChI=1S/C32H34FN5O4S/c1-2-11-38(31(41)18-37-30(40)16-34)19-22-5-7-25(36-17-22)29-15-26-32(43-29)28(9-10-35-26)42-27-8-6-21(14-24(27)33)13-23(39)12-20-3-4-20/h5-10,14-15,17,20H,2-4,11-13,16,18-19,34H2,1H3,(H,37,40). The number of Topliss-reactive ketones (excluding diaryl/α,β-unsaturated/α-hetero) is 1. The van der Waals surface area contributed by atoms with Gasteiger partial charge in [0.15, 0.2) is 11.6 Å². The Morgan fingerprint density at radius 3 is 2.60 bits per heavy atom. The molecule has 43 heavy (non-hydrogen) atoms. The Labute approximate surface area is 253 Å². The van der Waals surface area contributed by atoms with E-state index < -0.39 is 5.82 Å². The molecule has 0 atom stereocenters. The first-order valence-electron chi connectivity index (χ1n) is 14.4. The van der Waals surface area contributed by atoms with E-state index in [1.807, 2.05) is 25.1 Å². The second-order valence-electron chi connectivity index (χ2n) is 10.7. The van der Waals surface area contributed by atoms with Gasteiger partial charge >= 0.3 is 0 Å². The first-order chi connectivity index (χ1) is 20.8. The van der Waals surface area contributed by atoms with E-state index in [9.17, 15) is 18.8 Å². The monoisotopic (exact) mass is 603 g/mol. The van der Waals surface area contributed by atoms with Crippen LogP contribution in [-0.4, -0.2) is 52.1 Å². The van der Waals surface area contributed by atoms with Gasteiger partial charge in [-0.05, 0) is 60.6 Å². The molecule has 0 saturated heterocycles. The van der Waals surface area contributed by atoms with Crippen molar-refractivity contribution < 1.29 is 23.5 Å². The average Bonchev–Trinajstić information content (AvgIpc) is 3.70. The Hall–Kier alpha value is -4.22. The second kappa shape index (κ2) is 13.8. The fourth-order valence-electron chi connectivity index (χ4n) is 4.72. The summed E-state index contributed by atoms with van der Waals surface area (Å²) in [6.07, 6.45) is 7.13.